The quantitative estimate of drug-likeness (QED) is 0.102. The van der Waals surface area contributed by atoms with E-state index in [9.17, 15) is 31.3 Å². The number of fused-ring (bicyclic) bond motifs is 1. The Labute approximate surface area is 258 Å². The van der Waals surface area contributed by atoms with E-state index in [1.807, 2.05) is 0 Å². The van der Waals surface area contributed by atoms with E-state index in [4.69, 9.17) is 4.74 Å². The van der Waals surface area contributed by atoms with Crippen molar-refractivity contribution >= 4 is 59.6 Å². The molecule has 14 heteroatoms. The SMILES string of the molecule is COc1ccccc1NC(=O)c1cc2ccccc2c(N=Nc2ccc(C)c(S(=O)(=O)Nc3ccccc3S(=O)(=O)O)c2)c1O. The number of phenolic OH excluding ortho intramolecular Hbond substituents is 1. The molecule has 0 aliphatic heterocycles. The first kappa shape index (κ1) is 31.1. The van der Waals surface area contributed by atoms with Crippen LogP contribution in [0.15, 0.2) is 117 Å². The average Bonchev–Trinajstić information content (AvgIpc) is 3.00. The number of benzene rings is 5. The van der Waals surface area contributed by atoms with Crippen LogP contribution in [-0.2, 0) is 20.1 Å². The molecule has 0 fully saturated rings. The van der Waals surface area contributed by atoms with Gasteiger partial charge in [-0.15, -0.1) is 5.11 Å². The van der Waals surface area contributed by atoms with Crippen LogP contribution in [0.3, 0.4) is 0 Å². The number of aromatic hydroxyl groups is 1. The maximum absolute atomic E-state index is 13.3. The number of anilines is 2. The van der Waals surface area contributed by atoms with Crippen LogP contribution in [0.1, 0.15) is 15.9 Å². The van der Waals surface area contributed by atoms with Gasteiger partial charge in [0.25, 0.3) is 26.0 Å². The molecule has 1 amide bonds. The molecule has 0 radical (unpaired) electrons. The number of nitrogens with zero attached hydrogens (tertiary/aromatic N) is 2. The van der Waals surface area contributed by atoms with Gasteiger partial charge in [0.15, 0.2) is 5.75 Å². The fourth-order valence-corrected chi connectivity index (χ4v) is 6.61. The fraction of sp³-hybridized carbons (Fsp3) is 0.0645. The number of azo groups is 1. The molecule has 0 saturated heterocycles. The molecule has 0 unspecified atom stereocenters. The number of amides is 1. The van der Waals surface area contributed by atoms with Crippen LogP contribution in [-0.4, -0.2) is 39.5 Å². The number of carbonyl (C=O) groups is 1. The van der Waals surface area contributed by atoms with E-state index in [0.29, 0.717) is 27.8 Å². The highest BCUT2D eigenvalue weighted by molar-refractivity contribution is 7.93. The first-order chi connectivity index (χ1) is 21.4. The van der Waals surface area contributed by atoms with Crippen molar-refractivity contribution in [1.29, 1.82) is 0 Å². The number of rotatable bonds is 9. The zero-order valence-electron chi connectivity index (χ0n) is 23.8. The van der Waals surface area contributed by atoms with Crippen molar-refractivity contribution in [3.63, 3.8) is 0 Å². The molecule has 0 saturated carbocycles. The molecular formula is C31H26N4O8S2. The minimum atomic E-state index is -4.72. The number of hydrogen-bond acceptors (Lipinski definition) is 9. The minimum absolute atomic E-state index is 0.0246. The second-order valence-electron chi connectivity index (χ2n) is 9.72. The van der Waals surface area contributed by atoms with Crippen molar-refractivity contribution in [2.45, 2.75) is 16.7 Å². The van der Waals surface area contributed by atoms with Crippen molar-refractivity contribution in [1.82, 2.24) is 0 Å². The molecule has 0 spiro atoms. The Balaban J connectivity index is 1.52. The molecule has 12 nitrogen and oxygen atoms in total. The highest BCUT2D eigenvalue weighted by Crippen LogP contribution is 2.40. The molecule has 0 aliphatic rings. The summed E-state index contributed by atoms with van der Waals surface area (Å²) >= 11 is 0. The van der Waals surface area contributed by atoms with Crippen LogP contribution in [0.4, 0.5) is 22.7 Å². The molecule has 0 aromatic heterocycles. The summed E-state index contributed by atoms with van der Waals surface area (Å²) in [6, 6.07) is 24.4. The lowest BCUT2D eigenvalue weighted by Crippen LogP contribution is -2.16. The second kappa shape index (κ2) is 12.4. The molecule has 230 valence electrons. The van der Waals surface area contributed by atoms with E-state index in [0.717, 1.165) is 6.07 Å². The molecule has 4 N–H and O–H groups in total. The highest BCUT2D eigenvalue weighted by Gasteiger charge is 2.23. The van der Waals surface area contributed by atoms with Crippen LogP contribution in [0.25, 0.3) is 10.8 Å². The third-order valence-electron chi connectivity index (χ3n) is 6.73. The maximum Gasteiger partial charge on any atom is 0.296 e. The molecule has 5 aromatic carbocycles. The zero-order chi connectivity index (χ0) is 32.4. The summed E-state index contributed by atoms with van der Waals surface area (Å²) in [6.45, 7) is 1.54. The molecule has 5 rings (SSSR count). The number of para-hydroxylation sites is 3. The largest absolute Gasteiger partial charge is 0.505 e. The van der Waals surface area contributed by atoms with Crippen molar-refractivity contribution in [2.75, 3.05) is 17.1 Å². The van der Waals surface area contributed by atoms with Crippen LogP contribution >= 0.6 is 0 Å². The van der Waals surface area contributed by atoms with Gasteiger partial charge in [0, 0.05) is 5.39 Å². The number of hydrogen-bond donors (Lipinski definition) is 4. The number of sulfonamides is 1. The van der Waals surface area contributed by atoms with Gasteiger partial charge < -0.3 is 15.2 Å². The fourth-order valence-electron chi connectivity index (χ4n) is 4.55. The van der Waals surface area contributed by atoms with Crippen molar-refractivity contribution in [3.8, 4) is 11.5 Å². The molecular weight excluding hydrogens is 620 g/mol. The van der Waals surface area contributed by atoms with Crippen LogP contribution in [0.2, 0.25) is 0 Å². The highest BCUT2D eigenvalue weighted by atomic mass is 32.2. The first-order valence-corrected chi connectivity index (χ1v) is 16.1. The summed E-state index contributed by atoms with van der Waals surface area (Å²) in [4.78, 5) is 12.4. The Kier molecular flexibility index (Phi) is 8.55. The van der Waals surface area contributed by atoms with Gasteiger partial charge >= 0.3 is 0 Å². The lowest BCUT2D eigenvalue weighted by Gasteiger charge is -2.13. The third kappa shape index (κ3) is 6.62. The normalized spacial score (nSPS) is 11.9. The van der Waals surface area contributed by atoms with Gasteiger partial charge in [0.1, 0.15) is 16.3 Å². The molecule has 5 aromatic rings. The van der Waals surface area contributed by atoms with Crippen molar-refractivity contribution in [3.05, 3.63) is 108 Å². The molecule has 0 atom stereocenters. The van der Waals surface area contributed by atoms with Crippen LogP contribution in [0.5, 0.6) is 11.5 Å². The summed E-state index contributed by atoms with van der Waals surface area (Å²) in [7, 11) is -7.62. The molecule has 0 aliphatic carbocycles. The van der Waals surface area contributed by atoms with Gasteiger partial charge in [-0.05, 0) is 60.3 Å². The number of carbonyl (C=O) groups excluding carboxylic acids is 1. The molecule has 45 heavy (non-hydrogen) atoms. The Hall–Kier alpha value is -5.31. The van der Waals surface area contributed by atoms with E-state index in [1.165, 1.54) is 56.5 Å². The average molecular weight is 647 g/mol. The molecule has 0 heterocycles. The number of methoxy groups -OCH3 is 1. The van der Waals surface area contributed by atoms with E-state index >= 15 is 0 Å². The predicted octanol–water partition coefficient (Wildman–Crippen LogP) is 6.58. The molecule has 0 bridgehead atoms. The number of aryl methyl sites for hydroxylation is 1. The van der Waals surface area contributed by atoms with Gasteiger partial charge in [-0.1, -0.05) is 54.6 Å². The van der Waals surface area contributed by atoms with E-state index in [1.54, 1.807) is 48.5 Å². The second-order valence-corrected chi connectivity index (χ2v) is 12.8. The monoisotopic (exact) mass is 646 g/mol. The van der Waals surface area contributed by atoms with Gasteiger partial charge in [0.2, 0.25) is 0 Å². The first-order valence-electron chi connectivity index (χ1n) is 13.2. The summed E-state index contributed by atoms with van der Waals surface area (Å²) < 4.78 is 67.2. The number of phenols is 1. The summed E-state index contributed by atoms with van der Waals surface area (Å²) in [5.41, 5.74) is 0.337. The maximum atomic E-state index is 13.3. The van der Waals surface area contributed by atoms with Gasteiger partial charge in [-0.25, -0.2) is 8.42 Å². The van der Waals surface area contributed by atoms with Crippen LogP contribution < -0.4 is 14.8 Å². The third-order valence-corrected chi connectivity index (χ3v) is 9.15. The Morgan fingerprint density at radius 3 is 2.20 bits per heavy atom. The predicted molar refractivity (Wildman–Crippen MR) is 169 cm³/mol. The lowest BCUT2D eigenvalue weighted by molar-refractivity contribution is 0.102. The van der Waals surface area contributed by atoms with Gasteiger partial charge in [-0.3, -0.25) is 14.1 Å². The van der Waals surface area contributed by atoms with Crippen LogP contribution in [0, 0.1) is 6.92 Å². The zero-order valence-corrected chi connectivity index (χ0v) is 25.4. The van der Waals surface area contributed by atoms with Crippen molar-refractivity contribution in [2.24, 2.45) is 10.2 Å². The topological polar surface area (TPSA) is 184 Å². The lowest BCUT2D eigenvalue weighted by atomic mass is 10.0. The smallest absolute Gasteiger partial charge is 0.296 e. The summed E-state index contributed by atoms with van der Waals surface area (Å²) in [5.74, 6) is -0.653. The summed E-state index contributed by atoms with van der Waals surface area (Å²) in [5, 5.41) is 23.4. The number of nitrogens with one attached hydrogen (secondary N) is 2. The van der Waals surface area contributed by atoms with E-state index < -0.39 is 36.7 Å². The van der Waals surface area contributed by atoms with Gasteiger partial charge in [0.05, 0.1) is 34.6 Å². The number of ether oxygens (including phenoxy) is 1. The van der Waals surface area contributed by atoms with E-state index in [-0.39, 0.29) is 27.5 Å². The van der Waals surface area contributed by atoms with Crippen molar-refractivity contribution < 1.29 is 36.0 Å². The Morgan fingerprint density at radius 2 is 1.47 bits per heavy atom. The Morgan fingerprint density at radius 1 is 0.800 bits per heavy atom. The van der Waals surface area contributed by atoms with Gasteiger partial charge in [-0.2, -0.15) is 13.5 Å². The standard InChI is InChI=1S/C31H26N4O8S2/c1-19-15-16-21(18-28(19)44(38,39)35-25-12-6-8-14-27(25)45(40,41)42)33-34-29-22-10-4-3-9-20(22)17-23(30(29)36)31(37)32-24-11-5-7-13-26(24)43-2/h3-18,35-36H,1-2H3,(H,32,37)(H,40,41,42). The summed E-state index contributed by atoms with van der Waals surface area (Å²) in [6.07, 6.45) is 0. The van der Waals surface area contributed by atoms with E-state index in [2.05, 4.69) is 20.3 Å². The Bertz CT molecular complexity index is 2200. The minimum Gasteiger partial charge on any atom is -0.505 e.